The normalized spacial score (nSPS) is 10.4. The highest BCUT2D eigenvalue weighted by atomic mass is 79.9. The van der Waals surface area contributed by atoms with Crippen molar-refractivity contribution in [1.82, 2.24) is 5.32 Å². The van der Waals surface area contributed by atoms with Gasteiger partial charge in [-0.3, -0.25) is 4.79 Å². The molecule has 0 unspecified atom stereocenters. The Morgan fingerprint density at radius 1 is 1.38 bits per heavy atom. The Bertz CT molecular complexity index is 711. The molecule has 1 aromatic carbocycles. The van der Waals surface area contributed by atoms with Crippen LogP contribution in [0.2, 0.25) is 0 Å². The van der Waals surface area contributed by atoms with Crippen LogP contribution in [0.5, 0.6) is 0 Å². The van der Waals surface area contributed by atoms with E-state index in [4.69, 9.17) is 9.52 Å². The lowest BCUT2D eigenvalue weighted by molar-refractivity contribution is 0.0694. The van der Waals surface area contributed by atoms with E-state index < -0.39 is 17.7 Å². The van der Waals surface area contributed by atoms with Gasteiger partial charge in [-0.25, -0.2) is 9.18 Å². The quantitative estimate of drug-likeness (QED) is 0.882. The number of carbonyl (C=O) groups excluding carboxylic acids is 1. The summed E-state index contributed by atoms with van der Waals surface area (Å²) < 4.78 is 18.6. The molecule has 0 aliphatic rings. The Kier molecular flexibility index (Phi) is 4.42. The molecule has 0 bridgehead atoms. The van der Waals surface area contributed by atoms with Crippen molar-refractivity contribution in [2.75, 3.05) is 0 Å². The second-order valence-electron chi connectivity index (χ2n) is 4.27. The first-order valence-electron chi connectivity index (χ1n) is 5.95. The molecule has 1 heterocycles. The third-order valence-corrected chi connectivity index (χ3v) is 3.62. The number of carbonyl (C=O) groups is 2. The molecule has 1 amide bonds. The lowest BCUT2D eigenvalue weighted by Crippen LogP contribution is -2.23. The van der Waals surface area contributed by atoms with Crippen LogP contribution in [0.25, 0.3) is 0 Å². The van der Waals surface area contributed by atoms with Gasteiger partial charge >= 0.3 is 5.97 Å². The molecule has 0 aliphatic heterocycles. The number of rotatable bonds is 4. The topological polar surface area (TPSA) is 79.5 Å². The maximum Gasteiger partial charge on any atom is 0.339 e. The van der Waals surface area contributed by atoms with E-state index in [2.05, 4.69) is 21.2 Å². The number of carboxylic acids is 1. The van der Waals surface area contributed by atoms with E-state index in [1.165, 1.54) is 31.2 Å². The molecule has 0 atom stereocenters. The van der Waals surface area contributed by atoms with Crippen LogP contribution in [0.4, 0.5) is 4.39 Å². The summed E-state index contributed by atoms with van der Waals surface area (Å²) >= 11 is 3.00. The zero-order valence-corrected chi connectivity index (χ0v) is 12.5. The monoisotopic (exact) mass is 355 g/mol. The Hall–Kier alpha value is -2.15. The molecule has 7 heteroatoms. The molecule has 2 N–H and O–H groups in total. The molecule has 0 radical (unpaired) electrons. The zero-order chi connectivity index (χ0) is 15.6. The molecule has 21 heavy (non-hydrogen) atoms. The van der Waals surface area contributed by atoms with Crippen LogP contribution in [0.1, 0.15) is 32.2 Å². The number of amides is 1. The molecule has 0 spiro atoms. The highest BCUT2D eigenvalue weighted by Crippen LogP contribution is 2.20. The van der Waals surface area contributed by atoms with Crippen LogP contribution in [0, 0.1) is 12.7 Å². The van der Waals surface area contributed by atoms with Gasteiger partial charge < -0.3 is 14.8 Å². The van der Waals surface area contributed by atoms with E-state index in [-0.39, 0.29) is 27.9 Å². The van der Waals surface area contributed by atoms with Crippen molar-refractivity contribution in [3.8, 4) is 0 Å². The molecule has 0 aliphatic carbocycles. The fourth-order valence-corrected chi connectivity index (χ4v) is 2.23. The lowest BCUT2D eigenvalue weighted by atomic mass is 10.2. The highest BCUT2D eigenvalue weighted by molar-refractivity contribution is 9.10. The Balaban J connectivity index is 2.09. The number of aromatic carboxylic acids is 1. The fraction of sp³-hybridized carbons (Fsp3) is 0.143. The fourth-order valence-electron chi connectivity index (χ4n) is 1.78. The van der Waals surface area contributed by atoms with Gasteiger partial charge in [0, 0.05) is 0 Å². The van der Waals surface area contributed by atoms with Crippen molar-refractivity contribution in [2.45, 2.75) is 13.5 Å². The maximum absolute atomic E-state index is 13.3. The summed E-state index contributed by atoms with van der Waals surface area (Å²) in [6.45, 7) is 1.54. The minimum Gasteiger partial charge on any atom is -0.478 e. The van der Waals surface area contributed by atoms with Crippen LogP contribution in [0.15, 0.2) is 33.2 Å². The van der Waals surface area contributed by atoms with Crippen molar-refractivity contribution < 1.29 is 23.5 Å². The van der Waals surface area contributed by atoms with Crippen LogP contribution in [-0.4, -0.2) is 17.0 Å². The molecular weight excluding hydrogens is 345 g/mol. The summed E-state index contributed by atoms with van der Waals surface area (Å²) in [4.78, 5) is 22.8. The van der Waals surface area contributed by atoms with Crippen LogP contribution in [0.3, 0.4) is 0 Å². The van der Waals surface area contributed by atoms with Gasteiger partial charge in [-0.05, 0) is 41.1 Å². The van der Waals surface area contributed by atoms with Crippen molar-refractivity contribution in [3.05, 3.63) is 57.2 Å². The first-order valence-corrected chi connectivity index (χ1v) is 6.74. The number of carboxylic acid groups (broad SMARTS) is 1. The summed E-state index contributed by atoms with van der Waals surface area (Å²) in [5.74, 6) is -1.55. The number of aryl methyl sites for hydroxylation is 1. The number of nitrogens with one attached hydrogen (secondary N) is 1. The average molecular weight is 356 g/mol. The van der Waals surface area contributed by atoms with E-state index in [0.717, 1.165) is 0 Å². The Morgan fingerprint density at radius 3 is 2.71 bits per heavy atom. The van der Waals surface area contributed by atoms with Crippen molar-refractivity contribution >= 4 is 27.8 Å². The second kappa shape index (κ2) is 6.09. The maximum atomic E-state index is 13.3. The highest BCUT2D eigenvalue weighted by Gasteiger charge is 2.16. The van der Waals surface area contributed by atoms with E-state index in [1.54, 1.807) is 0 Å². The summed E-state index contributed by atoms with van der Waals surface area (Å²) in [5.41, 5.74) is 0.197. The number of hydrogen-bond acceptors (Lipinski definition) is 3. The van der Waals surface area contributed by atoms with E-state index >= 15 is 0 Å². The second-order valence-corrected chi connectivity index (χ2v) is 5.06. The summed E-state index contributed by atoms with van der Waals surface area (Å²) in [5, 5.41) is 11.4. The SMILES string of the molecule is Cc1oc(CNC(=O)c2cccc(F)c2Br)cc1C(=O)O. The molecular formula is C14H11BrFNO4. The van der Waals surface area contributed by atoms with E-state index in [0.29, 0.717) is 5.76 Å². The largest absolute Gasteiger partial charge is 0.478 e. The Morgan fingerprint density at radius 2 is 2.10 bits per heavy atom. The lowest BCUT2D eigenvalue weighted by Gasteiger charge is -2.05. The molecule has 0 saturated heterocycles. The van der Waals surface area contributed by atoms with E-state index in [1.807, 2.05) is 0 Å². The first-order chi connectivity index (χ1) is 9.90. The molecule has 110 valence electrons. The number of benzene rings is 1. The molecule has 5 nitrogen and oxygen atoms in total. The third kappa shape index (κ3) is 3.30. The third-order valence-electron chi connectivity index (χ3n) is 2.82. The smallest absolute Gasteiger partial charge is 0.339 e. The predicted molar refractivity (Wildman–Crippen MR) is 75.7 cm³/mol. The molecule has 0 fully saturated rings. The molecule has 2 aromatic rings. The van der Waals surface area contributed by atoms with Crippen molar-refractivity contribution in [1.29, 1.82) is 0 Å². The average Bonchev–Trinajstić information content (AvgIpc) is 2.80. The van der Waals surface area contributed by atoms with Crippen LogP contribution in [-0.2, 0) is 6.54 Å². The minimum atomic E-state index is -1.10. The predicted octanol–water partition coefficient (Wildman–Crippen LogP) is 3.12. The van der Waals surface area contributed by atoms with Gasteiger partial charge in [-0.2, -0.15) is 0 Å². The van der Waals surface area contributed by atoms with Crippen molar-refractivity contribution in [2.24, 2.45) is 0 Å². The number of halogens is 2. The summed E-state index contributed by atoms with van der Waals surface area (Å²) in [7, 11) is 0. The first kappa shape index (κ1) is 15.2. The van der Waals surface area contributed by atoms with Gasteiger partial charge in [0.25, 0.3) is 5.91 Å². The summed E-state index contributed by atoms with van der Waals surface area (Å²) in [6, 6.07) is 5.47. The minimum absolute atomic E-state index is 0.00983. The molecule has 1 aromatic heterocycles. The van der Waals surface area contributed by atoms with Crippen LogP contribution >= 0.6 is 15.9 Å². The summed E-state index contributed by atoms with van der Waals surface area (Å²) in [6.07, 6.45) is 0. The molecule has 2 rings (SSSR count). The molecule has 0 saturated carbocycles. The van der Waals surface area contributed by atoms with Crippen molar-refractivity contribution in [3.63, 3.8) is 0 Å². The van der Waals surface area contributed by atoms with Crippen LogP contribution < -0.4 is 5.32 Å². The zero-order valence-electron chi connectivity index (χ0n) is 10.9. The van der Waals surface area contributed by atoms with Gasteiger partial charge in [0.2, 0.25) is 0 Å². The number of furan rings is 1. The van der Waals surface area contributed by atoms with E-state index in [9.17, 15) is 14.0 Å². The van der Waals surface area contributed by atoms with Gasteiger partial charge in [-0.1, -0.05) is 6.07 Å². The standard InChI is InChI=1S/C14H11BrFNO4/c1-7-10(14(19)20)5-8(21-7)6-17-13(18)9-3-2-4-11(16)12(9)15/h2-5H,6H2,1H3,(H,17,18)(H,19,20). The Labute approximate surface area is 127 Å². The number of hydrogen-bond donors (Lipinski definition) is 2. The van der Waals surface area contributed by atoms with Gasteiger partial charge in [0.05, 0.1) is 16.6 Å². The van der Waals surface area contributed by atoms with Gasteiger partial charge in [0.1, 0.15) is 22.9 Å². The van der Waals surface area contributed by atoms with Gasteiger partial charge in [0.15, 0.2) is 0 Å². The van der Waals surface area contributed by atoms with Gasteiger partial charge in [-0.15, -0.1) is 0 Å².